The number of ether oxygens (including phenoxy) is 2. The molecule has 0 atom stereocenters. The number of nitrogens with zero attached hydrogens (tertiary/aromatic N) is 1. The number of carbonyl (C=O) groups is 1. The lowest BCUT2D eigenvalue weighted by molar-refractivity contribution is -0.145. The van der Waals surface area contributed by atoms with Crippen LogP contribution in [0.3, 0.4) is 0 Å². The summed E-state index contributed by atoms with van der Waals surface area (Å²) in [7, 11) is 0. The molecule has 5 nitrogen and oxygen atoms in total. The first kappa shape index (κ1) is 15.8. The van der Waals surface area contributed by atoms with Crippen LogP contribution in [0.2, 0.25) is 5.02 Å². The fourth-order valence-electron chi connectivity index (χ4n) is 2.14. The monoisotopic (exact) mass is 351 g/mol. The summed E-state index contributed by atoms with van der Waals surface area (Å²) in [5.74, 6) is -0.0896. The molecule has 7 heteroatoms. The summed E-state index contributed by atoms with van der Waals surface area (Å²) < 4.78 is 15.6. The standard InChI is InChI=1S/C16H14ClNO4S/c1-3-20-13(19)8-21-11-6-5-10-15(12-7-4-9(2)23-12)18-22-16(10)14(11)17/h4-7H,3,8H2,1-2H3. The van der Waals surface area contributed by atoms with Crippen LogP contribution in [0.15, 0.2) is 28.8 Å². The molecule has 0 saturated heterocycles. The van der Waals surface area contributed by atoms with Gasteiger partial charge in [-0.25, -0.2) is 4.79 Å². The summed E-state index contributed by atoms with van der Waals surface area (Å²) in [6, 6.07) is 7.54. The number of fused-ring (bicyclic) bond motifs is 1. The molecule has 0 spiro atoms. The van der Waals surface area contributed by atoms with Crippen molar-refractivity contribution >= 4 is 39.9 Å². The molecule has 0 unspecified atom stereocenters. The minimum atomic E-state index is -0.448. The minimum Gasteiger partial charge on any atom is -0.480 e. The van der Waals surface area contributed by atoms with Crippen molar-refractivity contribution in [1.29, 1.82) is 0 Å². The molecule has 1 aromatic carbocycles. The third-order valence-electron chi connectivity index (χ3n) is 3.17. The quantitative estimate of drug-likeness (QED) is 0.635. The first-order valence-electron chi connectivity index (χ1n) is 7.03. The maximum Gasteiger partial charge on any atom is 0.344 e. The number of thiophene rings is 1. The van der Waals surface area contributed by atoms with Crippen LogP contribution in [0.25, 0.3) is 21.5 Å². The number of halogens is 1. The first-order chi connectivity index (χ1) is 11.1. The largest absolute Gasteiger partial charge is 0.480 e. The molecule has 120 valence electrons. The van der Waals surface area contributed by atoms with Crippen molar-refractivity contribution in [2.45, 2.75) is 13.8 Å². The van der Waals surface area contributed by atoms with Gasteiger partial charge in [0, 0.05) is 4.88 Å². The van der Waals surface area contributed by atoms with Crippen LogP contribution in [0.1, 0.15) is 11.8 Å². The van der Waals surface area contributed by atoms with Crippen LogP contribution in [-0.2, 0) is 9.53 Å². The number of rotatable bonds is 5. The molecule has 0 aliphatic rings. The SMILES string of the molecule is CCOC(=O)COc1ccc2c(-c3ccc(C)s3)noc2c1Cl. The molecule has 0 bridgehead atoms. The molecule has 3 rings (SSSR count). The van der Waals surface area contributed by atoms with E-state index in [1.807, 2.05) is 25.1 Å². The van der Waals surface area contributed by atoms with Crippen molar-refractivity contribution in [1.82, 2.24) is 5.16 Å². The summed E-state index contributed by atoms with van der Waals surface area (Å²) in [5.41, 5.74) is 1.19. The molecular formula is C16H14ClNO4S. The zero-order chi connectivity index (χ0) is 16.4. The van der Waals surface area contributed by atoms with Crippen LogP contribution < -0.4 is 4.74 Å². The van der Waals surface area contributed by atoms with Crippen LogP contribution in [0.4, 0.5) is 0 Å². The van der Waals surface area contributed by atoms with E-state index in [1.165, 1.54) is 4.88 Å². The third-order valence-corrected chi connectivity index (χ3v) is 4.53. The topological polar surface area (TPSA) is 61.6 Å². The van der Waals surface area contributed by atoms with Crippen molar-refractivity contribution in [3.05, 3.63) is 34.2 Å². The smallest absolute Gasteiger partial charge is 0.344 e. The Balaban J connectivity index is 1.90. The molecule has 23 heavy (non-hydrogen) atoms. The lowest BCUT2D eigenvalue weighted by Crippen LogP contribution is -2.14. The molecule has 0 radical (unpaired) electrons. The summed E-state index contributed by atoms with van der Waals surface area (Å²) in [4.78, 5) is 13.6. The second kappa shape index (κ2) is 6.60. The van der Waals surface area contributed by atoms with Crippen LogP contribution in [0, 0.1) is 6.92 Å². The lowest BCUT2D eigenvalue weighted by atomic mass is 10.2. The Labute approximate surface area is 141 Å². The summed E-state index contributed by atoms with van der Waals surface area (Å²) in [6.07, 6.45) is 0. The average molecular weight is 352 g/mol. The Morgan fingerprint density at radius 1 is 1.35 bits per heavy atom. The van der Waals surface area contributed by atoms with Gasteiger partial charge in [0.05, 0.1) is 16.9 Å². The Morgan fingerprint density at radius 2 is 2.17 bits per heavy atom. The number of hydrogen-bond acceptors (Lipinski definition) is 6. The molecule has 0 saturated carbocycles. The van der Waals surface area contributed by atoms with E-state index in [4.69, 9.17) is 25.6 Å². The van der Waals surface area contributed by atoms with Gasteiger partial charge in [-0.3, -0.25) is 0 Å². The molecule has 2 heterocycles. The van der Waals surface area contributed by atoms with Crippen molar-refractivity contribution in [2.24, 2.45) is 0 Å². The second-order valence-electron chi connectivity index (χ2n) is 4.79. The Morgan fingerprint density at radius 3 is 2.87 bits per heavy atom. The summed E-state index contributed by atoms with van der Waals surface area (Å²) in [5, 5.41) is 5.21. The molecule has 2 aromatic heterocycles. The van der Waals surface area contributed by atoms with E-state index in [-0.39, 0.29) is 6.61 Å². The number of aryl methyl sites for hydroxylation is 1. The third kappa shape index (κ3) is 3.18. The summed E-state index contributed by atoms with van der Waals surface area (Å²) >= 11 is 7.93. The van der Waals surface area contributed by atoms with E-state index in [0.717, 1.165) is 16.0 Å². The predicted octanol–water partition coefficient (Wildman–Crippen LogP) is 4.46. The number of benzene rings is 1. The average Bonchev–Trinajstić information content (AvgIpc) is 3.13. The van der Waals surface area contributed by atoms with E-state index in [0.29, 0.717) is 23.0 Å². The Kier molecular flexibility index (Phi) is 4.54. The fourth-order valence-corrected chi connectivity index (χ4v) is 3.26. The lowest BCUT2D eigenvalue weighted by Gasteiger charge is -2.07. The van der Waals surface area contributed by atoms with E-state index in [1.54, 1.807) is 24.3 Å². The molecule has 0 fully saturated rings. The molecule has 0 aliphatic carbocycles. The van der Waals surface area contributed by atoms with E-state index in [2.05, 4.69) is 5.16 Å². The van der Waals surface area contributed by atoms with Crippen molar-refractivity contribution in [3.63, 3.8) is 0 Å². The molecule has 0 aliphatic heterocycles. The summed E-state index contributed by atoms with van der Waals surface area (Å²) in [6.45, 7) is 3.87. The van der Waals surface area contributed by atoms with Gasteiger partial charge in [0.2, 0.25) is 0 Å². The zero-order valence-electron chi connectivity index (χ0n) is 12.6. The highest BCUT2D eigenvalue weighted by Crippen LogP contribution is 2.39. The highest BCUT2D eigenvalue weighted by Gasteiger charge is 2.18. The van der Waals surface area contributed by atoms with Gasteiger partial charge >= 0.3 is 5.97 Å². The van der Waals surface area contributed by atoms with Crippen LogP contribution in [0.5, 0.6) is 5.75 Å². The van der Waals surface area contributed by atoms with Gasteiger partial charge in [-0.1, -0.05) is 16.8 Å². The van der Waals surface area contributed by atoms with E-state index < -0.39 is 5.97 Å². The number of esters is 1. The van der Waals surface area contributed by atoms with Gasteiger partial charge in [0.25, 0.3) is 0 Å². The zero-order valence-corrected chi connectivity index (χ0v) is 14.2. The molecule has 0 amide bonds. The molecule has 0 N–H and O–H groups in total. The normalized spacial score (nSPS) is 10.9. The fraction of sp³-hybridized carbons (Fsp3) is 0.250. The van der Waals surface area contributed by atoms with Gasteiger partial charge in [-0.2, -0.15) is 0 Å². The highest BCUT2D eigenvalue weighted by atomic mass is 35.5. The van der Waals surface area contributed by atoms with E-state index in [9.17, 15) is 4.79 Å². The molecular weight excluding hydrogens is 338 g/mol. The van der Waals surface area contributed by atoms with Crippen molar-refractivity contribution in [3.8, 4) is 16.3 Å². The second-order valence-corrected chi connectivity index (χ2v) is 6.46. The predicted molar refractivity (Wildman–Crippen MR) is 89.2 cm³/mol. The number of hydrogen-bond donors (Lipinski definition) is 0. The van der Waals surface area contributed by atoms with Crippen molar-refractivity contribution < 1.29 is 18.8 Å². The maximum atomic E-state index is 11.4. The van der Waals surface area contributed by atoms with Gasteiger partial charge < -0.3 is 14.0 Å². The number of aromatic nitrogens is 1. The molecule has 3 aromatic rings. The van der Waals surface area contributed by atoms with Gasteiger partial charge in [0.15, 0.2) is 12.2 Å². The van der Waals surface area contributed by atoms with Gasteiger partial charge in [-0.05, 0) is 38.1 Å². The minimum absolute atomic E-state index is 0.204. The van der Waals surface area contributed by atoms with Crippen LogP contribution >= 0.6 is 22.9 Å². The maximum absolute atomic E-state index is 11.4. The van der Waals surface area contributed by atoms with Gasteiger partial charge in [0.1, 0.15) is 16.5 Å². The number of carbonyl (C=O) groups excluding carboxylic acids is 1. The van der Waals surface area contributed by atoms with Crippen molar-refractivity contribution in [2.75, 3.05) is 13.2 Å². The van der Waals surface area contributed by atoms with Crippen LogP contribution in [-0.4, -0.2) is 24.3 Å². The highest BCUT2D eigenvalue weighted by molar-refractivity contribution is 7.15. The Bertz CT molecular complexity index is 855. The van der Waals surface area contributed by atoms with E-state index >= 15 is 0 Å². The Hall–Kier alpha value is -2.05. The first-order valence-corrected chi connectivity index (χ1v) is 8.22. The van der Waals surface area contributed by atoms with Gasteiger partial charge in [-0.15, -0.1) is 11.3 Å².